The fourth-order valence-electron chi connectivity index (χ4n) is 0.907. The van der Waals surface area contributed by atoms with Gasteiger partial charge < -0.3 is 0 Å². The number of hydrogen-bond donors (Lipinski definition) is 1. The summed E-state index contributed by atoms with van der Waals surface area (Å²) in [6.07, 6.45) is 0. The van der Waals surface area contributed by atoms with Crippen LogP contribution in [-0.4, -0.2) is 5.04 Å². The molecule has 1 aliphatic heterocycles. The summed E-state index contributed by atoms with van der Waals surface area (Å²) in [5.41, 5.74) is 3.96. The van der Waals surface area contributed by atoms with E-state index in [9.17, 15) is 0 Å². The van der Waals surface area contributed by atoms with Gasteiger partial charge in [-0.3, -0.25) is 5.43 Å². The molecule has 0 spiro atoms. The van der Waals surface area contributed by atoms with Crippen LogP contribution >= 0.6 is 11.8 Å². The van der Waals surface area contributed by atoms with E-state index < -0.39 is 0 Å². The number of nitrogens with zero attached hydrogens (tertiary/aromatic N) is 1. The summed E-state index contributed by atoms with van der Waals surface area (Å²) in [5.74, 6) is 1.86. The summed E-state index contributed by atoms with van der Waals surface area (Å²) in [5, 5.41) is 5.11. The summed E-state index contributed by atoms with van der Waals surface area (Å²) in [7, 11) is 0. The van der Waals surface area contributed by atoms with E-state index in [4.69, 9.17) is 0 Å². The molecule has 0 amide bonds. The third-order valence-corrected chi connectivity index (χ3v) is 2.18. The van der Waals surface area contributed by atoms with Crippen LogP contribution in [0.1, 0.15) is 5.56 Å². The van der Waals surface area contributed by atoms with E-state index in [2.05, 4.69) is 10.5 Å². The summed E-state index contributed by atoms with van der Waals surface area (Å²) in [6, 6.07) is 10.1. The van der Waals surface area contributed by atoms with Gasteiger partial charge in [-0.15, -0.1) is 0 Å². The topological polar surface area (TPSA) is 24.4 Å². The van der Waals surface area contributed by atoms with Gasteiger partial charge in [-0.25, -0.2) is 0 Å². The molecule has 55 valence electrons. The first-order valence-corrected chi connectivity index (χ1v) is 4.22. The molecule has 1 aromatic rings. The van der Waals surface area contributed by atoms with E-state index in [1.165, 1.54) is 5.56 Å². The molecule has 0 bridgehead atoms. The highest BCUT2D eigenvalue weighted by molar-refractivity contribution is 8.16. The first kappa shape index (κ1) is 6.73. The van der Waals surface area contributed by atoms with Crippen molar-refractivity contribution in [2.24, 2.45) is 5.10 Å². The molecule has 11 heavy (non-hydrogen) atoms. The standard InChI is InChI=1S/C8H7N2S/c1-2-4-7(5-3-1)8-10-9-6-11-8/h1-6,9H. The molecule has 0 atom stereocenters. The van der Waals surface area contributed by atoms with E-state index in [0.29, 0.717) is 0 Å². The Labute approximate surface area is 69.7 Å². The number of nitrogens with one attached hydrogen (secondary N) is 1. The van der Waals surface area contributed by atoms with Gasteiger partial charge in [-0.05, 0) is 0 Å². The molecule has 0 fully saturated rings. The Bertz CT molecular complexity index is 269. The van der Waals surface area contributed by atoms with Crippen molar-refractivity contribution in [2.45, 2.75) is 0 Å². The van der Waals surface area contributed by atoms with Crippen molar-refractivity contribution in [3.63, 3.8) is 0 Å². The Morgan fingerprint density at radius 2 is 2.00 bits per heavy atom. The minimum absolute atomic E-state index is 1.03. The molecule has 1 N–H and O–H groups in total. The van der Waals surface area contributed by atoms with Crippen LogP contribution in [0, 0.1) is 5.88 Å². The van der Waals surface area contributed by atoms with Gasteiger partial charge in [-0.1, -0.05) is 42.1 Å². The summed E-state index contributed by atoms with van der Waals surface area (Å²) >= 11 is 1.61. The van der Waals surface area contributed by atoms with Crippen LogP contribution in [0.5, 0.6) is 0 Å². The maximum atomic E-state index is 4.08. The molecule has 0 aliphatic carbocycles. The zero-order valence-corrected chi connectivity index (χ0v) is 6.64. The van der Waals surface area contributed by atoms with Crippen molar-refractivity contribution in [3.05, 3.63) is 41.8 Å². The number of thioether (sulfide) groups is 1. The summed E-state index contributed by atoms with van der Waals surface area (Å²) in [4.78, 5) is 0. The van der Waals surface area contributed by atoms with Gasteiger partial charge in [0, 0.05) is 5.56 Å². The van der Waals surface area contributed by atoms with Crippen LogP contribution in [0.2, 0.25) is 0 Å². The van der Waals surface area contributed by atoms with Crippen LogP contribution in [0.25, 0.3) is 0 Å². The molecule has 1 heterocycles. The number of benzene rings is 1. The van der Waals surface area contributed by atoms with Gasteiger partial charge in [0.05, 0.1) is 0 Å². The second-order valence-electron chi connectivity index (χ2n) is 2.15. The molecule has 3 heteroatoms. The molecule has 1 aliphatic rings. The first-order chi connectivity index (χ1) is 5.47. The second-order valence-corrected chi connectivity index (χ2v) is 3.01. The van der Waals surface area contributed by atoms with E-state index in [-0.39, 0.29) is 0 Å². The number of hydrogen-bond acceptors (Lipinski definition) is 3. The van der Waals surface area contributed by atoms with E-state index in [1.54, 1.807) is 11.8 Å². The summed E-state index contributed by atoms with van der Waals surface area (Å²) in [6.45, 7) is 0. The molecular formula is C8H7N2S. The molecule has 0 unspecified atom stereocenters. The highest BCUT2D eigenvalue weighted by Crippen LogP contribution is 2.18. The molecular weight excluding hydrogens is 156 g/mol. The SMILES string of the molecule is [CH]1NN=C(c2ccccc2)S1. The highest BCUT2D eigenvalue weighted by atomic mass is 32.2. The van der Waals surface area contributed by atoms with E-state index >= 15 is 0 Å². The average Bonchev–Trinajstić information content (AvgIpc) is 2.58. The molecule has 1 aromatic carbocycles. The fraction of sp³-hybridized carbons (Fsp3) is 0. The van der Waals surface area contributed by atoms with Gasteiger partial charge in [0.15, 0.2) is 0 Å². The zero-order valence-electron chi connectivity index (χ0n) is 5.82. The maximum Gasteiger partial charge on any atom is 0.127 e. The third kappa shape index (κ3) is 1.38. The van der Waals surface area contributed by atoms with Gasteiger partial charge in [0.1, 0.15) is 10.9 Å². The first-order valence-electron chi connectivity index (χ1n) is 3.34. The van der Waals surface area contributed by atoms with E-state index in [0.717, 1.165) is 5.04 Å². The van der Waals surface area contributed by atoms with Crippen molar-refractivity contribution in [1.82, 2.24) is 5.43 Å². The van der Waals surface area contributed by atoms with Crippen LogP contribution in [0.4, 0.5) is 0 Å². The Morgan fingerprint density at radius 1 is 1.18 bits per heavy atom. The van der Waals surface area contributed by atoms with Gasteiger partial charge in [0.25, 0.3) is 0 Å². The smallest absolute Gasteiger partial charge is 0.127 e. The second kappa shape index (κ2) is 2.96. The minimum atomic E-state index is 1.03. The molecule has 2 rings (SSSR count). The van der Waals surface area contributed by atoms with Crippen molar-refractivity contribution in [1.29, 1.82) is 0 Å². The van der Waals surface area contributed by atoms with Crippen molar-refractivity contribution in [3.8, 4) is 0 Å². The quantitative estimate of drug-likeness (QED) is 0.682. The van der Waals surface area contributed by atoms with Crippen molar-refractivity contribution in [2.75, 3.05) is 0 Å². The van der Waals surface area contributed by atoms with Crippen LogP contribution in [-0.2, 0) is 0 Å². The largest absolute Gasteiger partial charge is 0.292 e. The molecule has 0 saturated carbocycles. The molecule has 0 saturated heterocycles. The normalized spacial score (nSPS) is 15.8. The Hall–Kier alpha value is -0.960. The monoisotopic (exact) mass is 163 g/mol. The highest BCUT2D eigenvalue weighted by Gasteiger charge is 2.08. The lowest BCUT2D eigenvalue weighted by Gasteiger charge is -1.94. The lowest BCUT2D eigenvalue weighted by Crippen LogP contribution is -1.91. The van der Waals surface area contributed by atoms with Crippen molar-refractivity contribution < 1.29 is 0 Å². The fourth-order valence-corrected chi connectivity index (χ4v) is 1.50. The maximum absolute atomic E-state index is 4.08. The van der Waals surface area contributed by atoms with Gasteiger partial charge in [0.2, 0.25) is 0 Å². The Morgan fingerprint density at radius 3 is 2.64 bits per heavy atom. The minimum Gasteiger partial charge on any atom is -0.292 e. The predicted molar refractivity (Wildman–Crippen MR) is 48.0 cm³/mol. The zero-order chi connectivity index (χ0) is 7.52. The van der Waals surface area contributed by atoms with E-state index in [1.807, 2.05) is 36.2 Å². The van der Waals surface area contributed by atoms with Crippen LogP contribution in [0.3, 0.4) is 0 Å². The summed E-state index contributed by atoms with van der Waals surface area (Å²) < 4.78 is 0. The van der Waals surface area contributed by atoms with Crippen LogP contribution < -0.4 is 5.43 Å². The van der Waals surface area contributed by atoms with Gasteiger partial charge >= 0.3 is 0 Å². The lowest BCUT2D eigenvalue weighted by molar-refractivity contribution is 0.964. The number of hydrazone groups is 1. The molecule has 0 aromatic heterocycles. The molecule has 1 radical (unpaired) electrons. The third-order valence-electron chi connectivity index (χ3n) is 1.41. The lowest BCUT2D eigenvalue weighted by atomic mass is 10.2. The number of rotatable bonds is 1. The van der Waals surface area contributed by atoms with Crippen molar-refractivity contribution >= 4 is 16.8 Å². The average molecular weight is 163 g/mol. The predicted octanol–water partition coefficient (Wildman–Crippen LogP) is 1.80. The molecule has 2 nitrogen and oxygen atoms in total. The Balaban J connectivity index is 2.29. The van der Waals surface area contributed by atoms with Crippen LogP contribution in [0.15, 0.2) is 35.4 Å². The van der Waals surface area contributed by atoms with Gasteiger partial charge in [-0.2, -0.15) is 5.10 Å². The Kier molecular flexibility index (Phi) is 1.81.